The van der Waals surface area contributed by atoms with Gasteiger partial charge in [-0.2, -0.15) is 0 Å². The lowest BCUT2D eigenvalue weighted by Gasteiger charge is -2.19. The van der Waals surface area contributed by atoms with Gasteiger partial charge < -0.3 is 8.83 Å². The molecule has 2 heterocycles. The van der Waals surface area contributed by atoms with Crippen LogP contribution in [0.2, 0.25) is 0 Å². The van der Waals surface area contributed by atoms with Crippen molar-refractivity contribution in [3.63, 3.8) is 0 Å². The summed E-state index contributed by atoms with van der Waals surface area (Å²) in [5, 5.41) is 12.1. The highest BCUT2D eigenvalue weighted by atomic mass is 16.3. The van der Waals surface area contributed by atoms with Gasteiger partial charge in [-0.25, -0.2) is 0 Å². The van der Waals surface area contributed by atoms with Crippen LogP contribution in [-0.4, -0.2) is 0 Å². The van der Waals surface area contributed by atoms with Gasteiger partial charge in [-0.3, -0.25) is 0 Å². The average Bonchev–Trinajstić information content (AvgIpc) is 3.62. The Morgan fingerprint density at radius 1 is 0.310 bits per heavy atom. The molecule has 0 saturated carbocycles. The van der Waals surface area contributed by atoms with Gasteiger partial charge in [-0.15, -0.1) is 0 Å². The predicted octanol–water partition coefficient (Wildman–Crippen LogP) is 11.7. The summed E-state index contributed by atoms with van der Waals surface area (Å²) in [6, 6.07) is 47.7. The Hall–Kier alpha value is -5.60. The molecule has 2 heteroatoms. The van der Waals surface area contributed by atoms with E-state index in [1.807, 2.05) is 6.07 Å². The second-order valence-electron chi connectivity index (χ2n) is 11.2. The van der Waals surface area contributed by atoms with Crippen molar-refractivity contribution in [2.24, 2.45) is 0 Å². The molecule has 0 aliphatic heterocycles. The molecule has 0 spiro atoms. The lowest BCUT2D eigenvalue weighted by molar-refractivity contribution is 0.669. The topological polar surface area (TPSA) is 26.3 Å². The minimum atomic E-state index is 0.910. The van der Waals surface area contributed by atoms with Crippen LogP contribution in [-0.2, 0) is 0 Å². The van der Waals surface area contributed by atoms with E-state index in [2.05, 4.69) is 127 Å². The van der Waals surface area contributed by atoms with Gasteiger partial charge >= 0.3 is 0 Å². The standard InChI is InChI=1S/C40H22O2/c1-3-13-26-24(11-1)37(30-17-9-20-34-39(30)29-15-5-6-18-32(29)41-34)25-12-2-4-14-27(25)38(26)31-22-23-10-7-19-33-36(23)40-28(31)16-8-21-35(40)42-33/h1-22H. The van der Waals surface area contributed by atoms with Gasteiger partial charge in [0.05, 0.1) is 0 Å². The highest BCUT2D eigenvalue weighted by Crippen LogP contribution is 2.49. The SMILES string of the molecule is c1ccc2c(c1)oc1cccc(-c3c4ccccc4c(-c4cc5cccc6oc7cccc4c7c56)c4ccccc34)c12. The molecule has 10 rings (SSSR count). The maximum Gasteiger partial charge on any atom is 0.136 e. The predicted molar refractivity (Wildman–Crippen MR) is 176 cm³/mol. The molecule has 10 aromatic rings. The van der Waals surface area contributed by atoms with Crippen molar-refractivity contribution in [3.8, 4) is 22.3 Å². The number of benzene rings is 8. The van der Waals surface area contributed by atoms with E-state index in [0.717, 1.165) is 33.1 Å². The Morgan fingerprint density at radius 3 is 1.50 bits per heavy atom. The van der Waals surface area contributed by atoms with Gasteiger partial charge in [-0.05, 0) is 84.9 Å². The highest BCUT2D eigenvalue weighted by molar-refractivity contribution is 6.31. The fourth-order valence-corrected chi connectivity index (χ4v) is 7.37. The quantitative estimate of drug-likeness (QED) is 0.163. The molecule has 0 aliphatic carbocycles. The molecule has 0 aliphatic rings. The zero-order valence-corrected chi connectivity index (χ0v) is 22.5. The van der Waals surface area contributed by atoms with Gasteiger partial charge in [0.2, 0.25) is 0 Å². The first-order valence-electron chi connectivity index (χ1n) is 14.4. The molecule has 194 valence electrons. The third kappa shape index (κ3) is 2.78. The van der Waals surface area contributed by atoms with Crippen molar-refractivity contribution in [2.45, 2.75) is 0 Å². The van der Waals surface area contributed by atoms with Crippen LogP contribution in [0, 0.1) is 0 Å². The molecule has 2 nitrogen and oxygen atoms in total. The number of rotatable bonds is 2. The number of hydrogen-bond donors (Lipinski definition) is 0. The smallest absolute Gasteiger partial charge is 0.136 e. The fourth-order valence-electron chi connectivity index (χ4n) is 7.37. The van der Waals surface area contributed by atoms with Crippen LogP contribution in [0.15, 0.2) is 142 Å². The van der Waals surface area contributed by atoms with E-state index in [9.17, 15) is 0 Å². The summed E-state index contributed by atoms with van der Waals surface area (Å²) in [4.78, 5) is 0. The third-order valence-electron chi connectivity index (χ3n) is 9.02. The lowest BCUT2D eigenvalue weighted by Crippen LogP contribution is -1.92. The summed E-state index contributed by atoms with van der Waals surface area (Å²) in [6.45, 7) is 0. The Balaban J connectivity index is 1.41. The molecule has 8 aromatic carbocycles. The normalized spacial score (nSPS) is 12.3. The van der Waals surface area contributed by atoms with Crippen molar-refractivity contribution in [3.05, 3.63) is 133 Å². The first-order chi connectivity index (χ1) is 20.8. The van der Waals surface area contributed by atoms with Crippen LogP contribution >= 0.6 is 0 Å². The largest absolute Gasteiger partial charge is 0.456 e. The summed E-state index contributed by atoms with van der Waals surface area (Å²) in [7, 11) is 0. The minimum Gasteiger partial charge on any atom is -0.456 e. The van der Waals surface area contributed by atoms with Crippen LogP contribution < -0.4 is 0 Å². The van der Waals surface area contributed by atoms with E-state index < -0.39 is 0 Å². The van der Waals surface area contributed by atoms with Crippen molar-refractivity contribution in [1.82, 2.24) is 0 Å². The van der Waals surface area contributed by atoms with Gasteiger partial charge in [0.25, 0.3) is 0 Å². The van der Waals surface area contributed by atoms with Crippen LogP contribution in [0.3, 0.4) is 0 Å². The second-order valence-corrected chi connectivity index (χ2v) is 11.2. The Morgan fingerprint density at radius 2 is 0.786 bits per heavy atom. The molecule has 0 atom stereocenters. The minimum absolute atomic E-state index is 0.910. The van der Waals surface area contributed by atoms with Gasteiger partial charge in [-0.1, -0.05) is 103 Å². The summed E-state index contributed by atoms with van der Waals surface area (Å²) >= 11 is 0. The van der Waals surface area contributed by atoms with Crippen molar-refractivity contribution >= 4 is 76.2 Å². The number of furan rings is 2. The van der Waals surface area contributed by atoms with E-state index in [1.165, 1.54) is 65.3 Å². The lowest BCUT2D eigenvalue weighted by atomic mass is 9.83. The summed E-state index contributed by atoms with van der Waals surface area (Å²) in [6.07, 6.45) is 0. The molecule has 0 fully saturated rings. The Bertz CT molecular complexity index is 2630. The fraction of sp³-hybridized carbons (Fsp3) is 0. The van der Waals surface area contributed by atoms with E-state index in [-0.39, 0.29) is 0 Å². The van der Waals surface area contributed by atoms with E-state index in [4.69, 9.17) is 8.83 Å². The van der Waals surface area contributed by atoms with Crippen LogP contribution in [0.1, 0.15) is 0 Å². The molecule has 0 bridgehead atoms. The summed E-state index contributed by atoms with van der Waals surface area (Å²) in [5.74, 6) is 0. The monoisotopic (exact) mass is 534 g/mol. The molecular formula is C40H22O2. The summed E-state index contributed by atoms with van der Waals surface area (Å²) in [5.41, 5.74) is 8.61. The molecule has 0 N–H and O–H groups in total. The zero-order chi connectivity index (χ0) is 27.4. The van der Waals surface area contributed by atoms with Gasteiger partial charge in [0.1, 0.15) is 22.3 Å². The Kier molecular flexibility index (Phi) is 4.21. The number of para-hydroxylation sites is 1. The maximum atomic E-state index is 6.33. The van der Waals surface area contributed by atoms with E-state index in [1.54, 1.807) is 0 Å². The van der Waals surface area contributed by atoms with Crippen LogP contribution in [0.25, 0.3) is 98.4 Å². The van der Waals surface area contributed by atoms with Gasteiger partial charge in [0, 0.05) is 21.5 Å². The van der Waals surface area contributed by atoms with Crippen LogP contribution in [0.5, 0.6) is 0 Å². The molecule has 42 heavy (non-hydrogen) atoms. The number of hydrogen-bond acceptors (Lipinski definition) is 2. The summed E-state index contributed by atoms with van der Waals surface area (Å²) < 4.78 is 12.6. The van der Waals surface area contributed by atoms with E-state index in [0.29, 0.717) is 0 Å². The van der Waals surface area contributed by atoms with Gasteiger partial charge in [0.15, 0.2) is 0 Å². The molecule has 0 radical (unpaired) electrons. The third-order valence-corrected chi connectivity index (χ3v) is 9.02. The average molecular weight is 535 g/mol. The second kappa shape index (κ2) is 7.99. The molecule has 0 amide bonds. The zero-order valence-electron chi connectivity index (χ0n) is 22.5. The molecule has 0 unspecified atom stereocenters. The van der Waals surface area contributed by atoms with Crippen LogP contribution in [0.4, 0.5) is 0 Å². The van der Waals surface area contributed by atoms with Crippen molar-refractivity contribution in [1.29, 1.82) is 0 Å². The Labute approximate surface area is 240 Å². The first-order valence-corrected chi connectivity index (χ1v) is 14.4. The van der Waals surface area contributed by atoms with E-state index >= 15 is 0 Å². The van der Waals surface area contributed by atoms with Crippen molar-refractivity contribution in [2.75, 3.05) is 0 Å². The maximum absolute atomic E-state index is 6.33. The molecule has 2 aromatic heterocycles. The van der Waals surface area contributed by atoms with Crippen molar-refractivity contribution < 1.29 is 8.83 Å². The highest BCUT2D eigenvalue weighted by Gasteiger charge is 2.23. The molecular weight excluding hydrogens is 512 g/mol. The first kappa shape index (κ1) is 22.1. The molecule has 0 saturated heterocycles. The number of fused-ring (bicyclic) bond motifs is 5.